The average Bonchev–Trinajstić information content (AvgIpc) is 2.93. The summed E-state index contributed by atoms with van der Waals surface area (Å²) >= 11 is 0. The fourth-order valence-corrected chi connectivity index (χ4v) is 4.08. The van der Waals surface area contributed by atoms with Crippen LogP contribution in [-0.2, 0) is 0 Å². The van der Waals surface area contributed by atoms with Crippen LogP contribution in [0.4, 0.5) is 5.69 Å². The van der Waals surface area contributed by atoms with E-state index in [0.717, 1.165) is 26.2 Å². The molecule has 0 amide bonds. The van der Waals surface area contributed by atoms with E-state index in [1.807, 2.05) is 0 Å². The van der Waals surface area contributed by atoms with Gasteiger partial charge in [0.15, 0.2) is 5.71 Å². The molecule has 2 heteroatoms. The van der Waals surface area contributed by atoms with Crippen molar-refractivity contribution in [2.75, 3.05) is 31.1 Å². The Kier molecular flexibility index (Phi) is 16.0. The molecule has 0 unspecified atom stereocenters. The van der Waals surface area contributed by atoms with Crippen LogP contribution >= 0.6 is 0 Å². The van der Waals surface area contributed by atoms with E-state index in [0.29, 0.717) is 0 Å². The van der Waals surface area contributed by atoms with E-state index >= 15 is 0 Å². The lowest BCUT2D eigenvalue weighted by molar-refractivity contribution is -0.519. The van der Waals surface area contributed by atoms with E-state index in [-0.39, 0.29) is 0 Å². The molecule has 0 aliphatic heterocycles. The van der Waals surface area contributed by atoms with Crippen molar-refractivity contribution in [3.8, 4) is 0 Å². The van der Waals surface area contributed by atoms with Crippen LogP contribution in [0.3, 0.4) is 0 Å². The molecule has 0 saturated heterocycles. The smallest absolute Gasteiger partial charge is 0.199 e. The number of unbranched alkanes of at least 4 members (excludes halogenated alkanes) is 1. The topological polar surface area (TPSA) is 6.25 Å². The van der Waals surface area contributed by atoms with Crippen molar-refractivity contribution in [2.24, 2.45) is 0 Å². The Hall–Kier alpha value is -2.87. The largest absolute Gasteiger partial charge is 0.372 e. The summed E-state index contributed by atoms with van der Waals surface area (Å²) in [5, 5.41) is 0. The van der Waals surface area contributed by atoms with Gasteiger partial charge >= 0.3 is 0 Å². The minimum absolute atomic E-state index is 1.02. The molecule has 0 heterocycles. The Morgan fingerprint density at radius 2 is 1.05 bits per heavy atom. The maximum atomic E-state index is 2.38. The summed E-state index contributed by atoms with van der Waals surface area (Å²) < 4.78 is 2.38. The van der Waals surface area contributed by atoms with Crippen LogP contribution in [0.15, 0.2) is 78.4 Å². The molecule has 37 heavy (non-hydrogen) atoms. The summed E-state index contributed by atoms with van der Waals surface area (Å²) in [6, 6.07) is 17.9. The monoisotopic (exact) mass is 501 g/mol. The van der Waals surface area contributed by atoms with Crippen LogP contribution < -0.4 is 4.90 Å². The Morgan fingerprint density at radius 3 is 1.43 bits per heavy atom. The maximum absolute atomic E-state index is 2.38. The Bertz CT molecular complexity index is 988. The van der Waals surface area contributed by atoms with Gasteiger partial charge in [-0.25, -0.2) is 4.58 Å². The third-order valence-electron chi connectivity index (χ3n) is 6.41. The van der Waals surface area contributed by atoms with Gasteiger partial charge in [0, 0.05) is 30.9 Å². The molecule has 2 aromatic carbocycles. The summed E-state index contributed by atoms with van der Waals surface area (Å²) in [5.41, 5.74) is 8.90. The fraction of sp³-hybridized carbons (Fsp3) is 0.457. The summed E-state index contributed by atoms with van der Waals surface area (Å²) in [6.07, 6.45) is 12.9. The first-order valence-electron chi connectivity index (χ1n) is 14.6. The second kappa shape index (κ2) is 18.4. The normalized spacial score (nSPS) is 11.8. The molecule has 0 atom stereocenters. The highest BCUT2D eigenvalue weighted by Crippen LogP contribution is 2.31. The van der Waals surface area contributed by atoms with Gasteiger partial charge in [-0.3, -0.25) is 0 Å². The quantitative estimate of drug-likeness (QED) is 0.326. The highest BCUT2D eigenvalue weighted by atomic mass is 15.1. The van der Waals surface area contributed by atoms with Gasteiger partial charge in [0.2, 0.25) is 0 Å². The summed E-state index contributed by atoms with van der Waals surface area (Å²) in [7, 11) is 0. The molecule has 1 aliphatic rings. The SMILES string of the molecule is CCC.CCCC.CCN(CC)c1ccc(C(=C2C=CC(=[N+](CC)CC)C=C2)c2ccc(C)cc2)cc1. The highest BCUT2D eigenvalue weighted by molar-refractivity contribution is 6.04. The molecule has 0 N–H and O–H groups in total. The Balaban J connectivity index is 0.000000873. The molecular weight excluding hydrogens is 448 g/mol. The zero-order valence-electron chi connectivity index (χ0n) is 25.3. The first kappa shape index (κ1) is 32.2. The Labute approximate surface area is 229 Å². The molecule has 0 aromatic heterocycles. The highest BCUT2D eigenvalue weighted by Gasteiger charge is 2.14. The van der Waals surface area contributed by atoms with Crippen LogP contribution in [-0.4, -0.2) is 36.5 Å². The van der Waals surface area contributed by atoms with E-state index in [2.05, 4.69) is 145 Å². The second-order valence-electron chi connectivity index (χ2n) is 9.39. The van der Waals surface area contributed by atoms with Gasteiger partial charge in [-0.2, -0.15) is 0 Å². The van der Waals surface area contributed by atoms with Crippen LogP contribution in [0.25, 0.3) is 5.57 Å². The van der Waals surface area contributed by atoms with E-state index in [4.69, 9.17) is 0 Å². The molecule has 0 fully saturated rings. The summed E-state index contributed by atoms with van der Waals surface area (Å²) in [6.45, 7) is 23.7. The van der Waals surface area contributed by atoms with Gasteiger partial charge in [0.05, 0.1) is 0 Å². The fourth-order valence-electron chi connectivity index (χ4n) is 4.08. The minimum atomic E-state index is 1.02. The van der Waals surface area contributed by atoms with Crippen molar-refractivity contribution in [1.29, 1.82) is 0 Å². The lowest BCUT2D eigenvalue weighted by Gasteiger charge is -2.22. The molecule has 0 bridgehead atoms. The molecule has 0 radical (unpaired) electrons. The molecule has 0 saturated carbocycles. The molecular formula is C35H53N2+. The van der Waals surface area contributed by atoms with Crippen molar-refractivity contribution in [2.45, 2.75) is 81.6 Å². The summed E-state index contributed by atoms with van der Waals surface area (Å²) in [5.74, 6) is 0. The number of hydrogen-bond donors (Lipinski definition) is 0. The third-order valence-corrected chi connectivity index (χ3v) is 6.41. The lowest BCUT2D eigenvalue weighted by atomic mass is 9.90. The molecule has 0 spiro atoms. The van der Waals surface area contributed by atoms with Gasteiger partial charge in [-0.15, -0.1) is 0 Å². The Morgan fingerprint density at radius 1 is 0.622 bits per heavy atom. The number of aryl methyl sites for hydroxylation is 1. The first-order chi connectivity index (χ1) is 17.9. The predicted molar refractivity (Wildman–Crippen MR) is 168 cm³/mol. The van der Waals surface area contributed by atoms with Crippen LogP contribution in [0.2, 0.25) is 0 Å². The van der Waals surface area contributed by atoms with E-state index in [1.54, 1.807) is 0 Å². The van der Waals surface area contributed by atoms with Gasteiger partial charge in [-0.05, 0) is 81.2 Å². The lowest BCUT2D eigenvalue weighted by Crippen LogP contribution is -2.21. The van der Waals surface area contributed by atoms with Crippen molar-refractivity contribution in [3.63, 3.8) is 0 Å². The molecule has 202 valence electrons. The van der Waals surface area contributed by atoms with E-state index in [1.165, 1.54) is 58.5 Å². The van der Waals surface area contributed by atoms with E-state index < -0.39 is 0 Å². The van der Waals surface area contributed by atoms with Crippen LogP contribution in [0.1, 0.15) is 91.3 Å². The van der Waals surface area contributed by atoms with Crippen molar-refractivity contribution >= 4 is 17.0 Å². The zero-order valence-corrected chi connectivity index (χ0v) is 25.3. The average molecular weight is 502 g/mol. The maximum Gasteiger partial charge on any atom is 0.199 e. The number of nitrogens with zero attached hydrogens (tertiary/aromatic N) is 2. The van der Waals surface area contributed by atoms with Crippen LogP contribution in [0.5, 0.6) is 0 Å². The minimum Gasteiger partial charge on any atom is -0.372 e. The molecule has 2 aromatic rings. The second-order valence-corrected chi connectivity index (χ2v) is 9.39. The van der Waals surface area contributed by atoms with Crippen LogP contribution in [0, 0.1) is 6.92 Å². The van der Waals surface area contributed by atoms with E-state index in [9.17, 15) is 0 Å². The summed E-state index contributed by atoms with van der Waals surface area (Å²) in [4.78, 5) is 2.38. The van der Waals surface area contributed by atoms with Gasteiger partial charge < -0.3 is 4.90 Å². The van der Waals surface area contributed by atoms with Gasteiger partial charge in [0.1, 0.15) is 13.1 Å². The zero-order chi connectivity index (χ0) is 27.6. The van der Waals surface area contributed by atoms with Gasteiger partial charge in [0.25, 0.3) is 0 Å². The molecule has 2 nitrogen and oxygen atoms in total. The number of rotatable bonds is 8. The first-order valence-corrected chi connectivity index (χ1v) is 14.6. The number of hydrogen-bond acceptors (Lipinski definition) is 1. The van der Waals surface area contributed by atoms with Crippen molar-refractivity contribution in [3.05, 3.63) is 95.1 Å². The standard InChI is InChI=1S/C28H35N2.C4H10.C3H8/c1-6-29(7-2)26-18-14-24(15-19-26)28(23-12-10-22(5)11-13-23)25-16-20-27(21-17-25)30(8-3)9-4;1-3-4-2;1-3-2/h10-21H,6-9H2,1-5H3;3-4H2,1-2H3;3H2,1-2H3/q+1;;. The third kappa shape index (κ3) is 10.2. The molecule has 3 rings (SSSR count). The molecule has 1 aliphatic carbocycles. The predicted octanol–water partition coefficient (Wildman–Crippen LogP) is 9.49. The van der Waals surface area contributed by atoms with Gasteiger partial charge in [-0.1, -0.05) is 88.9 Å². The van der Waals surface area contributed by atoms with Crippen molar-refractivity contribution in [1.82, 2.24) is 0 Å². The van der Waals surface area contributed by atoms with Crippen molar-refractivity contribution < 1.29 is 4.58 Å². The number of benzene rings is 2. The number of allylic oxidation sites excluding steroid dienone is 5. The number of anilines is 1.